The highest BCUT2D eigenvalue weighted by Crippen LogP contribution is 2.22. The number of methoxy groups -OCH3 is 1. The number of aromatic hydroxyl groups is 1. The fourth-order valence-electron chi connectivity index (χ4n) is 1.68. The Morgan fingerprint density at radius 3 is 2.81 bits per heavy atom. The molecule has 0 spiro atoms. The number of nitrogens with zero attached hydrogens (tertiary/aromatic N) is 1. The highest BCUT2D eigenvalue weighted by Gasteiger charge is 2.12. The third-order valence-electron chi connectivity index (χ3n) is 2.71. The predicted molar refractivity (Wildman–Crippen MR) is 81.2 cm³/mol. The van der Waals surface area contributed by atoms with E-state index >= 15 is 0 Å². The van der Waals surface area contributed by atoms with Gasteiger partial charge in [-0.25, -0.2) is 5.43 Å². The molecule has 0 radical (unpaired) electrons. The summed E-state index contributed by atoms with van der Waals surface area (Å²) in [4.78, 5) is 12.0. The van der Waals surface area contributed by atoms with Crippen LogP contribution in [0.4, 0.5) is 0 Å². The minimum Gasteiger partial charge on any atom is -0.507 e. The van der Waals surface area contributed by atoms with Crippen molar-refractivity contribution in [2.24, 2.45) is 5.10 Å². The monoisotopic (exact) mass is 304 g/mol. The molecular weight excluding hydrogens is 292 g/mol. The first-order chi connectivity index (χ1) is 10.1. The zero-order valence-corrected chi connectivity index (χ0v) is 12.0. The van der Waals surface area contributed by atoms with Crippen molar-refractivity contribution in [1.29, 1.82) is 0 Å². The summed E-state index contributed by atoms with van der Waals surface area (Å²) in [6.07, 6.45) is 1.35. The van der Waals surface area contributed by atoms with E-state index in [9.17, 15) is 9.90 Å². The second kappa shape index (κ2) is 6.76. The maximum Gasteiger partial charge on any atom is 0.275 e. The number of benzene rings is 2. The molecule has 0 saturated carbocycles. The molecule has 108 valence electrons. The second-order valence-corrected chi connectivity index (χ2v) is 4.54. The van der Waals surface area contributed by atoms with Crippen molar-refractivity contribution in [3.8, 4) is 11.5 Å². The summed E-state index contributed by atoms with van der Waals surface area (Å²) in [7, 11) is 1.46. The van der Waals surface area contributed by atoms with E-state index in [2.05, 4.69) is 10.5 Å². The van der Waals surface area contributed by atoms with Gasteiger partial charge in [0.1, 0.15) is 11.5 Å². The van der Waals surface area contributed by atoms with Crippen LogP contribution in [-0.2, 0) is 0 Å². The van der Waals surface area contributed by atoms with Gasteiger partial charge in [0.15, 0.2) is 0 Å². The highest BCUT2D eigenvalue weighted by molar-refractivity contribution is 6.31. The van der Waals surface area contributed by atoms with Crippen LogP contribution >= 0.6 is 11.6 Å². The standard InChI is InChI=1S/C15H13ClN2O3/c1-21-14-7-6-11(16)8-12(14)15(20)18-17-9-10-4-2-3-5-13(10)19/h2-9,19H,1H3,(H,18,20)/b17-9+. The third-order valence-corrected chi connectivity index (χ3v) is 2.95. The topological polar surface area (TPSA) is 70.9 Å². The normalized spacial score (nSPS) is 10.6. The van der Waals surface area contributed by atoms with Crippen molar-refractivity contribution in [2.45, 2.75) is 0 Å². The second-order valence-electron chi connectivity index (χ2n) is 4.10. The molecule has 2 N–H and O–H groups in total. The number of rotatable bonds is 4. The quantitative estimate of drug-likeness (QED) is 0.674. The Bertz CT molecular complexity index is 686. The van der Waals surface area contributed by atoms with Gasteiger partial charge in [-0.2, -0.15) is 5.10 Å². The molecule has 0 bridgehead atoms. The molecule has 0 aliphatic carbocycles. The SMILES string of the molecule is COc1ccc(Cl)cc1C(=O)N/N=C/c1ccccc1O. The van der Waals surface area contributed by atoms with Crippen LogP contribution < -0.4 is 10.2 Å². The molecule has 0 aromatic heterocycles. The average molecular weight is 305 g/mol. The van der Waals surface area contributed by atoms with E-state index in [4.69, 9.17) is 16.3 Å². The molecule has 0 atom stereocenters. The van der Waals surface area contributed by atoms with Crippen LogP contribution in [0.15, 0.2) is 47.6 Å². The molecule has 0 saturated heterocycles. The largest absolute Gasteiger partial charge is 0.507 e. The van der Waals surface area contributed by atoms with Crippen LogP contribution in [0.1, 0.15) is 15.9 Å². The lowest BCUT2D eigenvalue weighted by Crippen LogP contribution is -2.18. The van der Waals surface area contributed by atoms with Gasteiger partial charge in [-0.15, -0.1) is 0 Å². The zero-order chi connectivity index (χ0) is 15.2. The minimum absolute atomic E-state index is 0.0795. The molecular formula is C15H13ClN2O3. The van der Waals surface area contributed by atoms with E-state index in [1.807, 2.05) is 0 Å². The van der Waals surface area contributed by atoms with Crippen molar-refractivity contribution in [1.82, 2.24) is 5.43 Å². The molecule has 6 heteroatoms. The number of carbonyl (C=O) groups excluding carboxylic acids is 1. The lowest BCUT2D eigenvalue weighted by molar-refractivity contribution is 0.0952. The van der Waals surface area contributed by atoms with Crippen molar-refractivity contribution >= 4 is 23.7 Å². The highest BCUT2D eigenvalue weighted by atomic mass is 35.5. The molecule has 2 aromatic carbocycles. The molecule has 2 aromatic rings. The lowest BCUT2D eigenvalue weighted by Gasteiger charge is -2.07. The van der Waals surface area contributed by atoms with Crippen molar-refractivity contribution in [3.05, 3.63) is 58.6 Å². The molecule has 5 nitrogen and oxygen atoms in total. The maximum absolute atomic E-state index is 12.0. The summed E-state index contributed by atoms with van der Waals surface area (Å²) in [5, 5.41) is 13.8. The molecule has 21 heavy (non-hydrogen) atoms. The fourth-order valence-corrected chi connectivity index (χ4v) is 1.85. The number of hydrogen-bond acceptors (Lipinski definition) is 4. The first-order valence-electron chi connectivity index (χ1n) is 6.06. The molecule has 0 unspecified atom stereocenters. The van der Waals surface area contributed by atoms with Gasteiger partial charge >= 0.3 is 0 Å². The van der Waals surface area contributed by atoms with Crippen LogP contribution in [0.2, 0.25) is 5.02 Å². The van der Waals surface area contributed by atoms with E-state index in [0.29, 0.717) is 16.3 Å². The Hall–Kier alpha value is -2.53. The number of amides is 1. The molecule has 2 rings (SSSR count). The first-order valence-corrected chi connectivity index (χ1v) is 6.44. The molecule has 1 amide bonds. The average Bonchev–Trinajstić information content (AvgIpc) is 2.49. The third kappa shape index (κ3) is 3.73. The summed E-state index contributed by atoms with van der Waals surface area (Å²) in [5.41, 5.74) is 3.13. The molecule has 0 fully saturated rings. The van der Waals surface area contributed by atoms with E-state index in [1.54, 1.807) is 30.3 Å². The van der Waals surface area contributed by atoms with Crippen LogP contribution in [0.5, 0.6) is 11.5 Å². The van der Waals surface area contributed by atoms with E-state index < -0.39 is 5.91 Å². The van der Waals surface area contributed by atoms with Gasteiger partial charge < -0.3 is 9.84 Å². The Labute approximate surface area is 126 Å². The number of hydrogen-bond donors (Lipinski definition) is 2. The van der Waals surface area contributed by atoms with Crippen LogP contribution in [0.25, 0.3) is 0 Å². The number of hydrazone groups is 1. The first kappa shape index (κ1) is 14.9. The number of nitrogens with one attached hydrogen (secondary N) is 1. The van der Waals surface area contributed by atoms with E-state index in [1.165, 1.54) is 25.5 Å². The van der Waals surface area contributed by atoms with Gasteiger partial charge in [-0.1, -0.05) is 23.7 Å². The lowest BCUT2D eigenvalue weighted by atomic mass is 10.2. The minimum atomic E-state index is -0.457. The van der Waals surface area contributed by atoms with E-state index in [0.717, 1.165) is 0 Å². The number of para-hydroxylation sites is 1. The Kier molecular flexibility index (Phi) is 4.79. The summed E-state index contributed by atoms with van der Waals surface area (Å²) in [5.74, 6) is 0.0199. The number of ether oxygens (including phenoxy) is 1. The summed E-state index contributed by atoms with van der Waals surface area (Å²) >= 11 is 5.86. The smallest absolute Gasteiger partial charge is 0.275 e. The van der Waals surface area contributed by atoms with Gasteiger partial charge in [0, 0.05) is 10.6 Å². The number of halogens is 1. The van der Waals surface area contributed by atoms with Crippen molar-refractivity contribution in [2.75, 3.05) is 7.11 Å². The Morgan fingerprint density at radius 2 is 2.10 bits per heavy atom. The summed E-state index contributed by atoms with van der Waals surface area (Å²) in [6, 6.07) is 11.4. The summed E-state index contributed by atoms with van der Waals surface area (Å²) < 4.78 is 5.09. The van der Waals surface area contributed by atoms with Crippen LogP contribution in [0.3, 0.4) is 0 Å². The molecule has 0 heterocycles. The number of carbonyl (C=O) groups is 1. The van der Waals surface area contributed by atoms with Crippen molar-refractivity contribution in [3.63, 3.8) is 0 Å². The van der Waals surface area contributed by atoms with Gasteiger partial charge in [0.05, 0.1) is 18.9 Å². The fraction of sp³-hybridized carbons (Fsp3) is 0.0667. The van der Waals surface area contributed by atoms with E-state index in [-0.39, 0.29) is 11.3 Å². The Morgan fingerprint density at radius 1 is 1.33 bits per heavy atom. The van der Waals surface area contributed by atoms with Crippen LogP contribution in [-0.4, -0.2) is 24.3 Å². The van der Waals surface area contributed by atoms with Gasteiger partial charge in [-0.05, 0) is 30.3 Å². The maximum atomic E-state index is 12.0. The molecule has 0 aliphatic heterocycles. The predicted octanol–water partition coefficient (Wildman–Crippen LogP) is 2.82. The number of phenols is 1. The van der Waals surface area contributed by atoms with Gasteiger partial charge in [0.2, 0.25) is 0 Å². The van der Waals surface area contributed by atoms with Crippen molar-refractivity contribution < 1.29 is 14.6 Å². The zero-order valence-electron chi connectivity index (χ0n) is 11.2. The number of phenolic OH excluding ortho intramolecular Hbond substituents is 1. The molecule has 0 aliphatic rings. The van der Waals surface area contributed by atoms with Crippen LogP contribution in [0, 0.1) is 0 Å². The Balaban J connectivity index is 2.12. The van der Waals surface area contributed by atoms with Gasteiger partial charge in [-0.3, -0.25) is 4.79 Å². The van der Waals surface area contributed by atoms with Gasteiger partial charge in [0.25, 0.3) is 5.91 Å². The summed E-state index contributed by atoms with van der Waals surface area (Å²) in [6.45, 7) is 0.